The fraction of sp³-hybridized carbons (Fsp3) is 0.389. The van der Waals surface area contributed by atoms with Crippen LogP contribution < -0.4 is 10.9 Å². The molecule has 1 aromatic carbocycles. The smallest absolute Gasteiger partial charge is 0.252 e. The lowest BCUT2D eigenvalue weighted by Crippen LogP contribution is -2.17. The largest absolute Gasteiger partial charge is 0.384 e. The van der Waals surface area contributed by atoms with Gasteiger partial charge in [0.15, 0.2) is 0 Å². The monoisotopic (exact) mass is 282 g/mol. The van der Waals surface area contributed by atoms with Gasteiger partial charge in [-0.3, -0.25) is 4.79 Å². The summed E-state index contributed by atoms with van der Waals surface area (Å²) in [5.41, 5.74) is 3.52. The van der Waals surface area contributed by atoms with Crippen LogP contribution in [0.5, 0.6) is 0 Å². The molecule has 0 saturated carbocycles. The van der Waals surface area contributed by atoms with E-state index in [1.165, 1.54) is 25.7 Å². The molecule has 21 heavy (non-hydrogen) atoms. The van der Waals surface area contributed by atoms with Gasteiger partial charge in [-0.2, -0.15) is 0 Å². The van der Waals surface area contributed by atoms with Gasteiger partial charge in [0.2, 0.25) is 0 Å². The maximum absolute atomic E-state index is 12.0. The van der Waals surface area contributed by atoms with Crippen molar-refractivity contribution in [2.45, 2.75) is 32.1 Å². The Kier molecular flexibility index (Phi) is 4.09. The highest BCUT2D eigenvalue weighted by molar-refractivity contribution is 5.91. The molecule has 1 N–H and O–H groups in total. The van der Waals surface area contributed by atoms with Gasteiger partial charge in [0.25, 0.3) is 5.56 Å². The molecule has 3 rings (SSSR count). The highest BCUT2D eigenvalue weighted by Gasteiger charge is 2.07. The van der Waals surface area contributed by atoms with Crippen LogP contribution in [0.2, 0.25) is 0 Å². The third-order valence-corrected chi connectivity index (χ3v) is 4.30. The summed E-state index contributed by atoms with van der Waals surface area (Å²) in [6.07, 6.45) is 8.57. The van der Waals surface area contributed by atoms with Gasteiger partial charge in [-0.25, -0.2) is 0 Å². The van der Waals surface area contributed by atoms with Crippen molar-refractivity contribution >= 4 is 16.6 Å². The first-order chi connectivity index (χ1) is 10.3. The van der Waals surface area contributed by atoms with Crippen molar-refractivity contribution < 1.29 is 0 Å². The van der Waals surface area contributed by atoms with Crippen molar-refractivity contribution in [2.24, 2.45) is 7.05 Å². The number of allylic oxidation sites excluding steroid dienone is 1. The van der Waals surface area contributed by atoms with Crippen molar-refractivity contribution in [1.29, 1.82) is 0 Å². The van der Waals surface area contributed by atoms with E-state index < -0.39 is 0 Å². The number of nitrogens with zero attached hydrogens (tertiary/aromatic N) is 1. The normalized spacial score (nSPS) is 15.0. The van der Waals surface area contributed by atoms with E-state index in [2.05, 4.69) is 17.5 Å². The van der Waals surface area contributed by atoms with Gasteiger partial charge in [-0.05, 0) is 38.2 Å². The highest BCUT2D eigenvalue weighted by Crippen LogP contribution is 2.23. The minimum Gasteiger partial charge on any atom is -0.384 e. The molecule has 0 atom stereocenters. The minimum atomic E-state index is 0.0353. The fourth-order valence-corrected chi connectivity index (χ4v) is 3.05. The Labute approximate surface area is 125 Å². The molecule has 1 heterocycles. The molecule has 1 aliphatic carbocycles. The van der Waals surface area contributed by atoms with E-state index in [4.69, 9.17) is 0 Å². The third kappa shape index (κ3) is 3.02. The summed E-state index contributed by atoms with van der Waals surface area (Å²) >= 11 is 0. The highest BCUT2D eigenvalue weighted by atomic mass is 16.1. The van der Waals surface area contributed by atoms with E-state index in [0.717, 1.165) is 29.6 Å². The molecule has 0 amide bonds. The third-order valence-electron chi connectivity index (χ3n) is 4.30. The zero-order chi connectivity index (χ0) is 14.7. The Morgan fingerprint density at radius 3 is 2.90 bits per heavy atom. The number of hydrogen-bond donors (Lipinski definition) is 1. The average molecular weight is 282 g/mol. The van der Waals surface area contributed by atoms with Gasteiger partial charge in [0.05, 0.1) is 5.52 Å². The van der Waals surface area contributed by atoms with Gasteiger partial charge in [-0.15, -0.1) is 0 Å². The Bertz CT molecular complexity index is 728. The maximum atomic E-state index is 12.0. The summed E-state index contributed by atoms with van der Waals surface area (Å²) < 4.78 is 1.70. The van der Waals surface area contributed by atoms with Crippen molar-refractivity contribution in [3.8, 4) is 0 Å². The van der Waals surface area contributed by atoms with Crippen molar-refractivity contribution in [3.63, 3.8) is 0 Å². The predicted octanol–water partition coefficient (Wildman–Crippen LogP) is 3.84. The van der Waals surface area contributed by atoms with E-state index >= 15 is 0 Å². The van der Waals surface area contributed by atoms with Gasteiger partial charge in [-0.1, -0.05) is 29.8 Å². The van der Waals surface area contributed by atoms with Crippen LogP contribution in [0.25, 0.3) is 10.9 Å². The van der Waals surface area contributed by atoms with Crippen LogP contribution in [0.4, 0.5) is 5.69 Å². The number of pyridine rings is 1. The zero-order valence-electron chi connectivity index (χ0n) is 12.6. The summed E-state index contributed by atoms with van der Waals surface area (Å²) in [4.78, 5) is 12.0. The Morgan fingerprint density at radius 1 is 1.24 bits per heavy atom. The summed E-state index contributed by atoms with van der Waals surface area (Å²) in [5, 5.41) is 4.56. The molecule has 0 fully saturated rings. The molecule has 3 heteroatoms. The van der Waals surface area contributed by atoms with Crippen LogP contribution in [-0.4, -0.2) is 11.1 Å². The number of para-hydroxylation sites is 1. The minimum absolute atomic E-state index is 0.0353. The van der Waals surface area contributed by atoms with E-state index in [-0.39, 0.29) is 5.56 Å². The first-order valence-electron chi connectivity index (χ1n) is 7.76. The number of nitrogens with one attached hydrogen (secondary N) is 1. The first-order valence-corrected chi connectivity index (χ1v) is 7.76. The van der Waals surface area contributed by atoms with E-state index in [1.807, 2.05) is 25.2 Å². The molecule has 0 bridgehead atoms. The Hall–Kier alpha value is -2.03. The molecule has 0 aliphatic heterocycles. The lowest BCUT2D eigenvalue weighted by Gasteiger charge is -2.15. The standard InChI is InChI=1S/C18H22N2O/c1-20-17-10-6-5-9-15(17)16(13-18(20)21)19-12-11-14-7-3-2-4-8-14/h5-7,9-10,13,19H,2-4,8,11-12H2,1H3. The molecule has 3 nitrogen and oxygen atoms in total. The molecule has 1 aliphatic rings. The topological polar surface area (TPSA) is 34.0 Å². The second kappa shape index (κ2) is 6.17. The summed E-state index contributed by atoms with van der Waals surface area (Å²) in [7, 11) is 1.82. The first kappa shape index (κ1) is 13.9. The summed E-state index contributed by atoms with van der Waals surface area (Å²) in [6.45, 7) is 0.892. The second-order valence-corrected chi connectivity index (χ2v) is 5.76. The lowest BCUT2D eigenvalue weighted by atomic mass is 9.97. The quantitative estimate of drug-likeness (QED) is 0.864. The van der Waals surface area contributed by atoms with Crippen LogP contribution in [0.3, 0.4) is 0 Å². The molecule has 0 radical (unpaired) electrons. The second-order valence-electron chi connectivity index (χ2n) is 5.76. The number of benzene rings is 1. The van der Waals surface area contributed by atoms with Crippen LogP contribution in [0, 0.1) is 0 Å². The van der Waals surface area contributed by atoms with Crippen LogP contribution >= 0.6 is 0 Å². The van der Waals surface area contributed by atoms with Gasteiger partial charge in [0.1, 0.15) is 0 Å². The molecular weight excluding hydrogens is 260 g/mol. The van der Waals surface area contributed by atoms with Gasteiger partial charge in [0, 0.05) is 30.7 Å². The van der Waals surface area contributed by atoms with Crippen LogP contribution in [0.15, 0.2) is 46.8 Å². The number of aromatic nitrogens is 1. The molecular formula is C18H22N2O. The van der Waals surface area contributed by atoms with Crippen molar-refractivity contribution in [2.75, 3.05) is 11.9 Å². The molecule has 1 aromatic heterocycles. The van der Waals surface area contributed by atoms with E-state index in [1.54, 1.807) is 16.2 Å². The Balaban J connectivity index is 1.79. The molecule has 110 valence electrons. The molecule has 0 spiro atoms. The van der Waals surface area contributed by atoms with E-state index in [0.29, 0.717) is 0 Å². The lowest BCUT2D eigenvalue weighted by molar-refractivity contribution is 0.679. The summed E-state index contributed by atoms with van der Waals surface area (Å²) in [6, 6.07) is 9.75. The fourth-order valence-electron chi connectivity index (χ4n) is 3.05. The molecule has 0 saturated heterocycles. The van der Waals surface area contributed by atoms with Gasteiger partial charge < -0.3 is 9.88 Å². The van der Waals surface area contributed by atoms with Gasteiger partial charge >= 0.3 is 0 Å². The molecule has 2 aromatic rings. The van der Waals surface area contributed by atoms with Crippen LogP contribution in [-0.2, 0) is 7.05 Å². The number of fused-ring (bicyclic) bond motifs is 1. The van der Waals surface area contributed by atoms with E-state index in [9.17, 15) is 4.79 Å². The SMILES string of the molecule is Cn1c(=O)cc(NCCC2=CCCCC2)c2ccccc21. The summed E-state index contributed by atoms with van der Waals surface area (Å²) in [5.74, 6) is 0. The predicted molar refractivity (Wildman–Crippen MR) is 88.8 cm³/mol. The maximum Gasteiger partial charge on any atom is 0.252 e. The van der Waals surface area contributed by atoms with Crippen molar-refractivity contribution in [1.82, 2.24) is 4.57 Å². The number of anilines is 1. The van der Waals surface area contributed by atoms with Crippen molar-refractivity contribution in [3.05, 3.63) is 52.3 Å². The number of aryl methyl sites for hydroxylation is 1. The number of rotatable bonds is 4. The number of hydrogen-bond acceptors (Lipinski definition) is 2. The zero-order valence-corrected chi connectivity index (χ0v) is 12.6. The Morgan fingerprint density at radius 2 is 2.10 bits per heavy atom. The van der Waals surface area contributed by atoms with Crippen LogP contribution in [0.1, 0.15) is 32.1 Å². The average Bonchev–Trinajstić information content (AvgIpc) is 2.53. The molecule has 0 unspecified atom stereocenters.